The van der Waals surface area contributed by atoms with E-state index in [2.05, 4.69) is 75.4 Å². The van der Waals surface area contributed by atoms with Gasteiger partial charge in [0.2, 0.25) is 0 Å². The molecule has 2 aliphatic rings. The summed E-state index contributed by atoms with van der Waals surface area (Å²) in [6.07, 6.45) is 2.34. The van der Waals surface area contributed by atoms with Crippen LogP contribution in [0.1, 0.15) is 54.9 Å². The summed E-state index contributed by atoms with van der Waals surface area (Å²) in [6.45, 7) is 7.05. The highest BCUT2D eigenvalue weighted by Crippen LogP contribution is 2.60. The molecule has 1 unspecified atom stereocenters. The number of fused-ring (bicyclic) bond motifs is 4. The average molecular weight is 405 g/mol. The van der Waals surface area contributed by atoms with Crippen molar-refractivity contribution in [1.82, 2.24) is 0 Å². The molecular weight excluding hydrogens is 383 g/mol. The normalized spacial score (nSPS) is 17.9. The van der Waals surface area contributed by atoms with E-state index in [0.29, 0.717) is 5.92 Å². The first kappa shape index (κ1) is 18.0. The van der Waals surface area contributed by atoms with Gasteiger partial charge in [0.05, 0.1) is 0 Å². The quantitative estimate of drug-likeness (QED) is 0.402. The van der Waals surface area contributed by atoms with Crippen molar-refractivity contribution in [2.45, 2.75) is 32.6 Å². The highest BCUT2D eigenvalue weighted by Gasteiger charge is 2.46. The van der Waals surface area contributed by atoms with Crippen molar-refractivity contribution in [1.29, 1.82) is 0 Å². The molecule has 140 valence electrons. The zero-order chi connectivity index (χ0) is 19.6. The second-order valence-electron chi connectivity index (χ2n) is 8.67. The number of halogens is 2. The largest absolute Gasteiger partial charge is 0.0843 e. The fourth-order valence-corrected chi connectivity index (χ4v) is 6.00. The molecule has 3 aromatic rings. The molecule has 0 radical (unpaired) electrons. The van der Waals surface area contributed by atoms with Crippen LogP contribution in [0.3, 0.4) is 0 Å². The van der Waals surface area contributed by atoms with Gasteiger partial charge in [0.1, 0.15) is 0 Å². The van der Waals surface area contributed by atoms with Gasteiger partial charge in [-0.2, -0.15) is 0 Å². The summed E-state index contributed by atoms with van der Waals surface area (Å²) in [5, 5.41) is 1.58. The standard InChI is InChI=1S/C26H22Cl2/c1-15-12-16-6-4-5-7-19(16)24(15)26(2,3)25-22-13-17(27)8-10-20(22)21-11-9-18(28)14-23(21)25/h4-14,24-25H,1-3H3. The Morgan fingerprint density at radius 2 is 1.29 bits per heavy atom. The lowest BCUT2D eigenvalue weighted by atomic mass is 9.63. The van der Waals surface area contributed by atoms with E-state index >= 15 is 0 Å². The Morgan fingerprint density at radius 3 is 1.89 bits per heavy atom. The van der Waals surface area contributed by atoms with E-state index in [1.54, 1.807) is 0 Å². The van der Waals surface area contributed by atoms with Crippen LogP contribution in [0, 0.1) is 5.41 Å². The van der Waals surface area contributed by atoms with Crippen molar-refractivity contribution in [3.63, 3.8) is 0 Å². The van der Waals surface area contributed by atoms with E-state index in [1.807, 2.05) is 12.1 Å². The number of benzene rings is 3. The first-order chi connectivity index (χ1) is 13.4. The van der Waals surface area contributed by atoms with Crippen LogP contribution in [0.25, 0.3) is 17.2 Å². The van der Waals surface area contributed by atoms with E-state index in [-0.39, 0.29) is 11.3 Å². The molecule has 0 amide bonds. The Bertz CT molecular complexity index is 1090. The molecule has 0 aromatic heterocycles. The Kier molecular flexibility index (Phi) is 4.02. The molecule has 0 heterocycles. The van der Waals surface area contributed by atoms with E-state index in [9.17, 15) is 0 Å². The zero-order valence-electron chi connectivity index (χ0n) is 16.3. The Hall–Kier alpha value is -2.02. The molecule has 0 N–H and O–H groups in total. The summed E-state index contributed by atoms with van der Waals surface area (Å²) < 4.78 is 0. The van der Waals surface area contributed by atoms with Crippen LogP contribution in [0.5, 0.6) is 0 Å². The molecule has 2 aliphatic carbocycles. The van der Waals surface area contributed by atoms with Crippen LogP contribution in [0.4, 0.5) is 0 Å². The second-order valence-corrected chi connectivity index (χ2v) is 9.54. The smallest absolute Gasteiger partial charge is 0.0409 e. The number of rotatable bonds is 2. The fourth-order valence-electron chi connectivity index (χ4n) is 5.64. The SMILES string of the molecule is CC1=Cc2ccccc2C1C(C)(C)C1c2cc(Cl)ccc2-c2ccc(Cl)cc21. The van der Waals surface area contributed by atoms with E-state index in [4.69, 9.17) is 23.2 Å². The molecule has 0 aliphatic heterocycles. The van der Waals surface area contributed by atoms with Gasteiger partial charge in [-0.1, -0.05) is 85.1 Å². The summed E-state index contributed by atoms with van der Waals surface area (Å²) in [5.74, 6) is 0.583. The molecule has 5 rings (SSSR count). The van der Waals surface area contributed by atoms with Crippen molar-refractivity contribution < 1.29 is 0 Å². The van der Waals surface area contributed by atoms with Gasteiger partial charge in [-0.25, -0.2) is 0 Å². The summed E-state index contributed by atoms with van der Waals surface area (Å²) in [4.78, 5) is 0. The molecular formula is C26H22Cl2. The molecule has 0 spiro atoms. The minimum absolute atomic E-state index is 0.0391. The maximum Gasteiger partial charge on any atom is 0.0409 e. The van der Waals surface area contributed by atoms with Crippen molar-refractivity contribution in [3.05, 3.63) is 98.5 Å². The predicted octanol–water partition coefficient (Wildman–Crippen LogP) is 8.33. The summed E-state index contributed by atoms with van der Waals surface area (Å²) in [5.41, 5.74) is 9.33. The second kappa shape index (κ2) is 6.24. The zero-order valence-corrected chi connectivity index (χ0v) is 17.8. The van der Waals surface area contributed by atoms with Gasteiger partial charge in [0, 0.05) is 21.9 Å². The Morgan fingerprint density at radius 1 is 0.714 bits per heavy atom. The number of allylic oxidation sites excluding steroid dienone is 1. The van der Waals surface area contributed by atoms with Crippen LogP contribution in [-0.4, -0.2) is 0 Å². The van der Waals surface area contributed by atoms with E-state index in [0.717, 1.165) is 10.0 Å². The molecule has 0 saturated heterocycles. The monoisotopic (exact) mass is 404 g/mol. The third-order valence-electron chi connectivity index (χ3n) is 6.57. The summed E-state index contributed by atoms with van der Waals surface area (Å²) >= 11 is 12.9. The fraction of sp³-hybridized carbons (Fsp3) is 0.231. The van der Waals surface area contributed by atoms with Gasteiger partial charge in [0.15, 0.2) is 0 Å². The Balaban J connectivity index is 1.74. The maximum absolute atomic E-state index is 6.44. The van der Waals surface area contributed by atoms with Gasteiger partial charge in [-0.15, -0.1) is 0 Å². The molecule has 28 heavy (non-hydrogen) atoms. The first-order valence-electron chi connectivity index (χ1n) is 9.74. The summed E-state index contributed by atoms with van der Waals surface area (Å²) in [7, 11) is 0. The van der Waals surface area contributed by atoms with Gasteiger partial charge < -0.3 is 0 Å². The first-order valence-corrected chi connectivity index (χ1v) is 10.5. The third kappa shape index (κ3) is 2.51. The minimum Gasteiger partial charge on any atom is -0.0843 e. The molecule has 0 fully saturated rings. The summed E-state index contributed by atoms with van der Waals surface area (Å²) in [6, 6.07) is 21.4. The minimum atomic E-state index is -0.0391. The van der Waals surface area contributed by atoms with Crippen LogP contribution >= 0.6 is 23.2 Å². The van der Waals surface area contributed by atoms with Crippen LogP contribution in [0.15, 0.2) is 66.2 Å². The highest BCUT2D eigenvalue weighted by atomic mass is 35.5. The van der Waals surface area contributed by atoms with Crippen LogP contribution in [0.2, 0.25) is 10.0 Å². The van der Waals surface area contributed by atoms with Crippen LogP contribution < -0.4 is 0 Å². The lowest BCUT2D eigenvalue weighted by molar-refractivity contribution is 0.278. The maximum atomic E-state index is 6.44. The van der Waals surface area contributed by atoms with Crippen molar-refractivity contribution in [3.8, 4) is 11.1 Å². The van der Waals surface area contributed by atoms with E-state index in [1.165, 1.54) is 39.0 Å². The molecule has 0 saturated carbocycles. The Labute approximate surface area is 176 Å². The average Bonchev–Trinajstić information content (AvgIpc) is 3.14. The van der Waals surface area contributed by atoms with Gasteiger partial charge >= 0.3 is 0 Å². The van der Waals surface area contributed by atoms with Crippen molar-refractivity contribution in [2.75, 3.05) is 0 Å². The predicted molar refractivity (Wildman–Crippen MR) is 120 cm³/mol. The third-order valence-corrected chi connectivity index (χ3v) is 7.04. The van der Waals surface area contributed by atoms with Crippen molar-refractivity contribution in [2.24, 2.45) is 5.41 Å². The number of hydrogen-bond donors (Lipinski definition) is 0. The molecule has 1 atom stereocenters. The van der Waals surface area contributed by atoms with E-state index < -0.39 is 0 Å². The number of hydrogen-bond acceptors (Lipinski definition) is 0. The lowest BCUT2D eigenvalue weighted by Gasteiger charge is -2.40. The molecule has 0 nitrogen and oxygen atoms in total. The molecule has 0 bridgehead atoms. The van der Waals surface area contributed by atoms with Crippen LogP contribution in [-0.2, 0) is 0 Å². The highest BCUT2D eigenvalue weighted by molar-refractivity contribution is 6.31. The van der Waals surface area contributed by atoms with Gasteiger partial charge in [-0.05, 0) is 70.0 Å². The van der Waals surface area contributed by atoms with Gasteiger partial charge in [-0.3, -0.25) is 0 Å². The lowest BCUT2D eigenvalue weighted by Crippen LogP contribution is -2.29. The van der Waals surface area contributed by atoms with Gasteiger partial charge in [0.25, 0.3) is 0 Å². The molecule has 3 aromatic carbocycles. The van der Waals surface area contributed by atoms with Crippen molar-refractivity contribution >= 4 is 29.3 Å². The topological polar surface area (TPSA) is 0 Å². The molecule has 2 heteroatoms.